The van der Waals surface area contributed by atoms with Crippen LogP contribution in [0, 0.1) is 22.7 Å². The molecular weight excluding hydrogens is 298 g/mol. The molecule has 0 saturated heterocycles. The van der Waals surface area contributed by atoms with Gasteiger partial charge in [0.2, 0.25) is 0 Å². The summed E-state index contributed by atoms with van der Waals surface area (Å²) in [6.07, 6.45) is 0. The van der Waals surface area contributed by atoms with Crippen molar-refractivity contribution < 1.29 is 0 Å². The average Bonchev–Trinajstić information content (AvgIpc) is 2.64. The molecule has 0 aliphatic carbocycles. The van der Waals surface area contributed by atoms with Crippen molar-refractivity contribution in [1.29, 1.82) is 10.5 Å². The first kappa shape index (κ1) is 15.3. The van der Waals surface area contributed by atoms with Gasteiger partial charge in [-0.15, -0.1) is 0 Å². The van der Waals surface area contributed by atoms with E-state index in [4.69, 9.17) is 10.5 Å². The van der Waals surface area contributed by atoms with E-state index in [0.29, 0.717) is 12.1 Å². The number of aromatic nitrogens is 1. The van der Waals surface area contributed by atoms with Crippen LogP contribution in [0.2, 0.25) is 0 Å². The summed E-state index contributed by atoms with van der Waals surface area (Å²) in [5.41, 5.74) is 2.92. The van der Waals surface area contributed by atoms with Gasteiger partial charge in [-0.05, 0) is 35.4 Å². The van der Waals surface area contributed by atoms with Crippen LogP contribution in [0.15, 0.2) is 71.5 Å². The number of hydrogen-bond donors (Lipinski definition) is 0. The molecule has 4 heteroatoms. The lowest BCUT2D eigenvalue weighted by Gasteiger charge is -2.13. The molecule has 0 aliphatic heterocycles. The number of nitriles is 2. The van der Waals surface area contributed by atoms with E-state index in [1.165, 1.54) is 0 Å². The van der Waals surface area contributed by atoms with Crippen molar-refractivity contribution in [3.05, 3.63) is 93.8 Å². The van der Waals surface area contributed by atoms with Crippen molar-refractivity contribution in [2.24, 2.45) is 0 Å². The molecule has 0 N–H and O–H groups in total. The first-order chi connectivity index (χ1) is 11.7. The molecule has 24 heavy (non-hydrogen) atoms. The van der Waals surface area contributed by atoms with Crippen molar-refractivity contribution in [3.63, 3.8) is 0 Å². The molecule has 0 saturated carbocycles. The predicted octanol–water partition coefficient (Wildman–Crippen LogP) is 3.31. The van der Waals surface area contributed by atoms with Crippen molar-refractivity contribution in [2.45, 2.75) is 6.54 Å². The van der Waals surface area contributed by atoms with Crippen LogP contribution in [-0.4, -0.2) is 4.57 Å². The summed E-state index contributed by atoms with van der Waals surface area (Å²) >= 11 is 0. The fourth-order valence-electron chi connectivity index (χ4n) is 2.55. The van der Waals surface area contributed by atoms with E-state index >= 15 is 0 Å². The maximum atomic E-state index is 12.6. The van der Waals surface area contributed by atoms with Crippen LogP contribution >= 0.6 is 0 Å². The fraction of sp³-hybridized carbons (Fsp3) is 0.0500. The smallest absolute Gasteiger partial charge is 0.269 e. The lowest BCUT2D eigenvalue weighted by molar-refractivity contribution is 0.765. The molecule has 0 unspecified atom stereocenters. The zero-order valence-electron chi connectivity index (χ0n) is 12.8. The Morgan fingerprint density at radius 2 is 1.54 bits per heavy atom. The van der Waals surface area contributed by atoms with Gasteiger partial charge in [0.1, 0.15) is 11.6 Å². The molecule has 0 amide bonds. The van der Waals surface area contributed by atoms with Crippen LogP contribution in [0.3, 0.4) is 0 Å². The van der Waals surface area contributed by atoms with Crippen LogP contribution in [0.1, 0.15) is 16.7 Å². The van der Waals surface area contributed by atoms with Crippen molar-refractivity contribution in [3.8, 4) is 23.4 Å². The van der Waals surface area contributed by atoms with E-state index in [1.807, 2.05) is 48.5 Å². The quantitative estimate of drug-likeness (QED) is 0.745. The summed E-state index contributed by atoms with van der Waals surface area (Å²) in [4.78, 5) is 12.6. The summed E-state index contributed by atoms with van der Waals surface area (Å²) in [6.45, 7) is 0.338. The van der Waals surface area contributed by atoms with E-state index < -0.39 is 0 Å². The molecule has 0 spiro atoms. The normalized spacial score (nSPS) is 9.92. The third kappa shape index (κ3) is 2.95. The Labute approximate surface area is 139 Å². The highest BCUT2D eigenvalue weighted by Gasteiger charge is 2.11. The molecule has 114 valence electrons. The Kier molecular flexibility index (Phi) is 4.23. The molecule has 0 fully saturated rings. The first-order valence-electron chi connectivity index (χ1n) is 7.41. The monoisotopic (exact) mass is 311 g/mol. The lowest BCUT2D eigenvalue weighted by atomic mass is 10.1. The van der Waals surface area contributed by atoms with Crippen molar-refractivity contribution >= 4 is 0 Å². The molecule has 0 aliphatic rings. The Bertz CT molecular complexity index is 1000. The zero-order chi connectivity index (χ0) is 16.9. The number of hydrogen-bond acceptors (Lipinski definition) is 3. The maximum Gasteiger partial charge on any atom is 0.269 e. The van der Waals surface area contributed by atoms with E-state index in [-0.39, 0.29) is 11.1 Å². The Morgan fingerprint density at radius 3 is 2.17 bits per heavy atom. The molecule has 0 radical (unpaired) electrons. The van der Waals surface area contributed by atoms with E-state index in [0.717, 1.165) is 16.8 Å². The van der Waals surface area contributed by atoms with Crippen LogP contribution < -0.4 is 5.56 Å². The van der Waals surface area contributed by atoms with Crippen LogP contribution in [0.4, 0.5) is 0 Å². The van der Waals surface area contributed by atoms with Gasteiger partial charge in [-0.3, -0.25) is 4.79 Å². The average molecular weight is 311 g/mol. The van der Waals surface area contributed by atoms with E-state index in [1.54, 1.807) is 28.8 Å². The summed E-state index contributed by atoms with van der Waals surface area (Å²) in [5.74, 6) is 0. The highest BCUT2D eigenvalue weighted by atomic mass is 16.1. The van der Waals surface area contributed by atoms with E-state index in [2.05, 4.69) is 6.07 Å². The topological polar surface area (TPSA) is 69.6 Å². The minimum Gasteiger partial charge on any atom is -0.303 e. The van der Waals surface area contributed by atoms with Gasteiger partial charge >= 0.3 is 0 Å². The van der Waals surface area contributed by atoms with Gasteiger partial charge in [0, 0.05) is 0 Å². The van der Waals surface area contributed by atoms with Crippen LogP contribution in [-0.2, 0) is 6.54 Å². The molecule has 0 bridgehead atoms. The zero-order valence-corrected chi connectivity index (χ0v) is 12.8. The van der Waals surface area contributed by atoms with Gasteiger partial charge in [0.25, 0.3) is 5.56 Å². The number of nitrogens with zero attached hydrogens (tertiary/aromatic N) is 3. The Balaban J connectivity index is 2.12. The van der Waals surface area contributed by atoms with Gasteiger partial charge in [-0.25, -0.2) is 0 Å². The summed E-state index contributed by atoms with van der Waals surface area (Å²) in [5, 5.41) is 18.0. The molecular formula is C20H13N3O. The second kappa shape index (κ2) is 6.64. The maximum absolute atomic E-state index is 12.6. The Morgan fingerprint density at radius 1 is 0.833 bits per heavy atom. The summed E-state index contributed by atoms with van der Waals surface area (Å²) in [6, 6.07) is 24.0. The van der Waals surface area contributed by atoms with Gasteiger partial charge < -0.3 is 4.57 Å². The van der Waals surface area contributed by atoms with Gasteiger partial charge in [0.15, 0.2) is 0 Å². The third-order valence-electron chi connectivity index (χ3n) is 3.79. The molecule has 1 aromatic heterocycles. The largest absolute Gasteiger partial charge is 0.303 e. The van der Waals surface area contributed by atoms with Gasteiger partial charge in [-0.2, -0.15) is 10.5 Å². The first-order valence-corrected chi connectivity index (χ1v) is 7.41. The third-order valence-corrected chi connectivity index (χ3v) is 3.79. The number of benzene rings is 2. The fourth-order valence-corrected chi connectivity index (χ4v) is 2.55. The van der Waals surface area contributed by atoms with Gasteiger partial charge in [0.05, 0.1) is 23.9 Å². The number of rotatable bonds is 3. The van der Waals surface area contributed by atoms with Crippen molar-refractivity contribution in [2.75, 3.05) is 0 Å². The standard InChI is InChI=1S/C20H13N3O/c21-12-15-6-8-16(9-7-15)14-23-19(17-4-2-1-3-5-17)11-10-18(13-22)20(23)24/h1-11H,14H2. The molecule has 0 atom stereocenters. The lowest BCUT2D eigenvalue weighted by Crippen LogP contribution is -2.24. The highest BCUT2D eigenvalue weighted by molar-refractivity contribution is 5.60. The minimum absolute atomic E-state index is 0.114. The summed E-state index contributed by atoms with van der Waals surface area (Å²) in [7, 11) is 0. The molecule has 3 rings (SSSR count). The second-order valence-electron chi connectivity index (χ2n) is 5.31. The van der Waals surface area contributed by atoms with Crippen LogP contribution in [0.5, 0.6) is 0 Å². The minimum atomic E-state index is -0.316. The summed E-state index contributed by atoms with van der Waals surface area (Å²) < 4.78 is 1.59. The molecule has 3 aromatic rings. The van der Waals surface area contributed by atoms with Gasteiger partial charge in [-0.1, -0.05) is 42.5 Å². The predicted molar refractivity (Wildman–Crippen MR) is 91.1 cm³/mol. The molecule has 2 aromatic carbocycles. The second-order valence-corrected chi connectivity index (χ2v) is 5.31. The SMILES string of the molecule is N#Cc1ccc(Cn2c(-c3ccccc3)ccc(C#N)c2=O)cc1. The van der Waals surface area contributed by atoms with Crippen molar-refractivity contribution in [1.82, 2.24) is 4.57 Å². The van der Waals surface area contributed by atoms with Crippen LogP contribution in [0.25, 0.3) is 11.3 Å². The molecule has 4 nitrogen and oxygen atoms in total. The molecule has 1 heterocycles. The number of pyridine rings is 1. The highest BCUT2D eigenvalue weighted by Crippen LogP contribution is 2.19. The Hall–Kier alpha value is -3.63. The van der Waals surface area contributed by atoms with E-state index in [9.17, 15) is 4.79 Å².